The number of hydrogen-bond donors (Lipinski definition) is 3. The summed E-state index contributed by atoms with van der Waals surface area (Å²) in [4.78, 5) is 23.8. The summed E-state index contributed by atoms with van der Waals surface area (Å²) in [6.07, 6.45) is 1.36. The summed E-state index contributed by atoms with van der Waals surface area (Å²) in [5, 5.41) is 9.71. The van der Waals surface area contributed by atoms with Gasteiger partial charge in [-0.25, -0.2) is 9.82 Å². The number of carbonyl (C=O) groups is 2. The van der Waals surface area contributed by atoms with Crippen molar-refractivity contribution in [2.75, 3.05) is 10.6 Å². The van der Waals surface area contributed by atoms with Crippen LogP contribution in [0.15, 0.2) is 71.8 Å². The van der Waals surface area contributed by atoms with Crippen LogP contribution in [-0.4, -0.2) is 18.0 Å². The third-order valence-electron chi connectivity index (χ3n) is 4.04. The van der Waals surface area contributed by atoms with Crippen LogP contribution in [0.4, 0.5) is 21.5 Å². The zero-order valence-electron chi connectivity index (χ0n) is 15.9. The van der Waals surface area contributed by atoms with E-state index in [9.17, 15) is 14.0 Å². The molecule has 3 N–H and O–H groups in total. The molecule has 3 aromatic rings. The number of benzene rings is 3. The highest BCUT2D eigenvalue weighted by Crippen LogP contribution is 2.23. The summed E-state index contributed by atoms with van der Waals surface area (Å²) in [6.45, 7) is 2.00. The molecule has 0 bridgehead atoms. The number of hydrogen-bond acceptors (Lipinski definition) is 4. The van der Waals surface area contributed by atoms with Crippen molar-refractivity contribution in [1.29, 1.82) is 0 Å². The molecule has 0 heterocycles. The smallest absolute Gasteiger partial charge is 0.329 e. The molecule has 0 fully saturated rings. The van der Waals surface area contributed by atoms with E-state index in [4.69, 9.17) is 11.6 Å². The van der Waals surface area contributed by atoms with E-state index in [1.807, 2.05) is 31.2 Å². The lowest BCUT2D eigenvalue weighted by Gasteiger charge is -2.10. The number of halogens is 2. The average Bonchev–Trinajstić information content (AvgIpc) is 2.73. The summed E-state index contributed by atoms with van der Waals surface area (Å²) < 4.78 is 13.6. The third kappa shape index (κ3) is 5.65. The Morgan fingerprint density at radius 1 is 0.967 bits per heavy atom. The van der Waals surface area contributed by atoms with Crippen molar-refractivity contribution in [2.45, 2.75) is 6.92 Å². The number of amides is 2. The van der Waals surface area contributed by atoms with Crippen LogP contribution < -0.4 is 16.1 Å². The molecule has 8 heteroatoms. The van der Waals surface area contributed by atoms with E-state index in [-0.39, 0.29) is 5.69 Å². The average molecular weight is 425 g/mol. The molecule has 0 atom stereocenters. The van der Waals surface area contributed by atoms with E-state index in [1.165, 1.54) is 30.5 Å². The molecule has 2 amide bonds. The summed E-state index contributed by atoms with van der Waals surface area (Å²) >= 11 is 6.06. The minimum atomic E-state index is -1.04. The van der Waals surface area contributed by atoms with E-state index >= 15 is 0 Å². The van der Waals surface area contributed by atoms with E-state index in [0.717, 1.165) is 11.3 Å². The Labute approximate surface area is 177 Å². The number of hydrazone groups is 1. The molecule has 6 nitrogen and oxygen atoms in total. The second-order valence-corrected chi connectivity index (χ2v) is 6.79. The van der Waals surface area contributed by atoms with Gasteiger partial charge in [-0.05, 0) is 49.4 Å². The molecule has 0 spiro atoms. The lowest BCUT2D eigenvalue weighted by Crippen LogP contribution is -2.32. The van der Waals surface area contributed by atoms with Crippen LogP contribution >= 0.6 is 11.6 Å². The number of rotatable bonds is 5. The molecule has 0 unspecified atom stereocenters. The van der Waals surface area contributed by atoms with E-state index in [1.54, 1.807) is 18.2 Å². The first-order valence-corrected chi connectivity index (χ1v) is 9.32. The second-order valence-electron chi connectivity index (χ2n) is 6.36. The fourth-order valence-corrected chi connectivity index (χ4v) is 2.68. The van der Waals surface area contributed by atoms with Gasteiger partial charge in [-0.3, -0.25) is 9.59 Å². The van der Waals surface area contributed by atoms with Crippen molar-refractivity contribution < 1.29 is 14.0 Å². The Morgan fingerprint density at radius 3 is 2.43 bits per heavy atom. The van der Waals surface area contributed by atoms with Gasteiger partial charge in [0.2, 0.25) is 0 Å². The molecule has 0 saturated heterocycles. The lowest BCUT2D eigenvalue weighted by atomic mass is 10.1. The van der Waals surface area contributed by atoms with Gasteiger partial charge in [-0.1, -0.05) is 41.4 Å². The third-order valence-corrected chi connectivity index (χ3v) is 4.28. The maximum Gasteiger partial charge on any atom is 0.329 e. The standard InChI is InChI=1S/C22H18ClFN4O2/c1-14-6-9-17(10-7-14)26-19-11-8-16(23)12-15(19)13-25-28-22(30)21(29)27-20-5-3-2-4-18(20)24/h2-13,26H,1H3,(H,27,29)(H,28,30)/b25-13-. The van der Waals surface area contributed by atoms with Gasteiger partial charge in [-0.15, -0.1) is 0 Å². The molecule has 0 aromatic heterocycles. The second kappa shape index (κ2) is 9.67. The van der Waals surface area contributed by atoms with Crippen LogP contribution in [-0.2, 0) is 9.59 Å². The number of carbonyl (C=O) groups excluding carboxylic acids is 2. The van der Waals surface area contributed by atoms with E-state index < -0.39 is 17.6 Å². The molecular formula is C22H18ClFN4O2. The Balaban J connectivity index is 1.67. The molecule has 0 aliphatic carbocycles. The van der Waals surface area contributed by atoms with E-state index in [2.05, 4.69) is 21.2 Å². The molecule has 30 heavy (non-hydrogen) atoms. The van der Waals surface area contributed by atoms with Crippen molar-refractivity contribution >= 4 is 46.7 Å². The number of nitrogens with one attached hydrogen (secondary N) is 3. The molecule has 3 rings (SSSR count). The Morgan fingerprint density at radius 2 is 1.70 bits per heavy atom. The summed E-state index contributed by atoms with van der Waals surface area (Å²) in [5.74, 6) is -2.72. The summed E-state index contributed by atoms with van der Waals surface area (Å²) in [5.41, 5.74) is 5.32. The van der Waals surface area contributed by atoms with Gasteiger partial charge in [0.15, 0.2) is 0 Å². The van der Waals surface area contributed by atoms with Crippen molar-refractivity contribution in [2.24, 2.45) is 5.10 Å². The number of nitrogens with zero attached hydrogens (tertiary/aromatic N) is 1. The fourth-order valence-electron chi connectivity index (χ4n) is 2.50. The molecule has 3 aromatic carbocycles. The molecule has 0 radical (unpaired) electrons. The Kier molecular flexibility index (Phi) is 6.77. The SMILES string of the molecule is Cc1ccc(Nc2ccc(Cl)cc2/C=N\NC(=O)C(=O)Nc2ccccc2F)cc1. The fraction of sp³-hybridized carbons (Fsp3) is 0.0455. The van der Waals surface area contributed by atoms with Gasteiger partial charge in [0.1, 0.15) is 5.82 Å². The first kappa shape index (κ1) is 21.0. The normalized spacial score (nSPS) is 10.6. The van der Waals surface area contributed by atoms with Crippen molar-refractivity contribution in [3.63, 3.8) is 0 Å². The van der Waals surface area contributed by atoms with Crippen LogP contribution in [0.5, 0.6) is 0 Å². The van der Waals surface area contributed by atoms with Gasteiger partial charge < -0.3 is 10.6 Å². The molecular weight excluding hydrogens is 407 g/mol. The summed E-state index contributed by atoms with van der Waals surface area (Å²) in [7, 11) is 0. The largest absolute Gasteiger partial charge is 0.355 e. The highest BCUT2D eigenvalue weighted by molar-refractivity contribution is 6.39. The topological polar surface area (TPSA) is 82.6 Å². The van der Waals surface area contributed by atoms with Gasteiger partial charge in [-0.2, -0.15) is 5.10 Å². The summed E-state index contributed by atoms with van der Waals surface area (Å²) in [6, 6.07) is 18.5. The highest BCUT2D eigenvalue weighted by atomic mass is 35.5. The zero-order chi connectivity index (χ0) is 21.5. The Hall–Kier alpha value is -3.71. The van der Waals surface area contributed by atoms with E-state index in [0.29, 0.717) is 16.3 Å². The maximum absolute atomic E-state index is 13.6. The predicted octanol–water partition coefficient (Wildman–Crippen LogP) is 4.62. The number of anilines is 3. The monoisotopic (exact) mass is 424 g/mol. The van der Waals surface area contributed by atoms with Gasteiger partial charge in [0, 0.05) is 22.0 Å². The predicted molar refractivity (Wildman–Crippen MR) is 117 cm³/mol. The zero-order valence-corrected chi connectivity index (χ0v) is 16.7. The Bertz CT molecular complexity index is 1100. The highest BCUT2D eigenvalue weighted by Gasteiger charge is 2.14. The quantitative estimate of drug-likeness (QED) is 0.317. The van der Waals surface area contributed by atoms with Crippen LogP contribution in [0, 0.1) is 12.7 Å². The van der Waals surface area contributed by atoms with Gasteiger partial charge in [0.25, 0.3) is 0 Å². The number of para-hydroxylation sites is 1. The lowest BCUT2D eigenvalue weighted by molar-refractivity contribution is -0.136. The van der Waals surface area contributed by atoms with Crippen LogP contribution in [0.1, 0.15) is 11.1 Å². The minimum Gasteiger partial charge on any atom is -0.355 e. The van der Waals surface area contributed by atoms with Gasteiger partial charge in [0.05, 0.1) is 11.9 Å². The molecule has 152 valence electrons. The molecule has 0 saturated carbocycles. The number of aryl methyl sites for hydroxylation is 1. The first-order chi connectivity index (χ1) is 14.4. The first-order valence-electron chi connectivity index (χ1n) is 8.94. The van der Waals surface area contributed by atoms with Crippen LogP contribution in [0.25, 0.3) is 0 Å². The molecule has 0 aliphatic heterocycles. The molecule has 0 aliphatic rings. The van der Waals surface area contributed by atoms with Gasteiger partial charge >= 0.3 is 11.8 Å². The van der Waals surface area contributed by atoms with Crippen molar-refractivity contribution in [3.05, 3.63) is 88.7 Å². The van der Waals surface area contributed by atoms with Crippen molar-refractivity contribution in [3.8, 4) is 0 Å². The van der Waals surface area contributed by atoms with Crippen LogP contribution in [0.2, 0.25) is 5.02 Å². The van der Waals surface area contributed by atoms with Crippen LogP contribution in [0.3, 0.4) is 0 Å². The maximum atomic E-state index is 13.6. The minimum absolute atomic E-state index is 0.0962. The van der Waals surface area contributed by atoms with Crippen molar-refractivity contribution in [1.82, 2.24) is 5.43 Å².